The molecule has 2 rings (SSSR count). The molecule has 0 aliphatic heterocycles. The van der Waals surface area contributed by atoms with Crippen molar-refractivity contribution in [2.45, 2.75) is 31.6 Å². The quantitative estimate of drug-likeness (QED) is 0.658. The molecule has 15 heavy (non-hydrogen) atoms. The van der Waals surface area contributed by atoms with Crippen molar-refractivity contribution in [3.05, 3.63) is 60.2 Å². The van der Waals surface area contributed by atoms with Gasteiger partial charge in [0.15, 0.2) is 0 Å². The van der Waals surface area contributed by atoms with Crippen LogP contribution < -0.4 is 0 Å². The Morgan fingerprint density at radius 1 is 1.07 bits per heavy atom. The smallest absolute Gasteiger partial charge is 0.0156 e. The molecule has 78 valence electrons. The normalized spacial score (nSPS) is 21.1. The average molecular weight is 198 g/mol. The molecule has 1 saturated carbocycles. The Morgan fingerprint density at radius 3 is 2.33 bits per heavy atom. The molecule has 1 aromatic carbocycles. The molecule has 1 aliphatic rings. The third-order valence-electron chi connectivity index (χ3n) is 3.25. The van der Waals surface area contributed by atoms with Gasteiger partial charge in [0.25, 0.3) is 0 Å². The molecule has 0 nitrogen and oxygen atoms in total. The second kappa shape index (κ2) is 4.97. The molecule has 0 heteroatoms. The van der Waals surface area contributed by atoms with Gasteiger partial charge in [-0.25, -0.2) is 0 Å². The van der Waals surface area contributed by atoms with E-state index in [1.807, 2.05) is 6.08 Å². The second-order valence-electron chi connectivity index (χ2n) is 4.25. The zero-order chi connectivity index (χ0) is 10.5. The van der Waals surface area contributed by atoms with Crippen molar-refractivity contribution in [2.75, 3.05) is 0 Å². The summed E-state index contributed by atoms with van der Waals surface area (Å²) in [6.45, 7) is 3.76. The highest BCUT2D eigenvalue weighted by Crippen LogP contribution is 2.35. The van der Waals surface area contributed by atoms with E-state index in [0.29, 0.717) is 0 Å². The first kappa shape index (κ1) is 10.2. The summed E-state index contributed by atoms with van der Waals surface area (Å²) >= 11 is 0. The fourth-order valence-corrected chi connectivity index (χ4v) is 2.38. The highest BCUT2D eigenvalue weighted by atomic mass is 14.2. The minimum Gasteiger partial charge on any atom is -0.0991 e. The molecule has 0 bridgehead atoms. The average Bonchev–Trinajstić information content (AvgIpc) is 2.32. The van der Waals surface area contributed by atoms with E-state index in [1.54, 1.807) is 5.57 Å². The van der Waals surface area contributed by atoms with Crippen LogP contribution in [-0.4, -0.2) is 0 Å². The largest absolute Gasteiger partial charge is 0.0991 e. The highest BCUT2D eigenvalue weighted by molar-refractivity contribution is 5.23. The van der Waals surface area contributed by atoms with Crippen LogP contribution in [-0.2, 0) is 0 Å². The molecular formula is C15H18. The number of hydrogen-bond acceptors (Lipinski definition) is 0. The number of allylic oxidation sites excluding steroid dienone is 3. The van der Waals surface area contributed by atoms with Crippen molar-refractivity contribution in [2.24, 2.45) is 0 Å². The van der Waals surface area contributed by atoms with Gasteiger partial charge in [0.1, 0.15) is 0 Å². The van der Waals surface area contributed by atoms with Crippen LogP contribution in [0.15, 0.2) is 54.6 Å². The van der Waals surface area contributed by atoms with Crippen molar-refractivity contribution in [3.63, 3.8) is 0 Å². The maximum Gasteiger partial charge on any atom is -0.0156 e. The van der Waals surface area contributed by atoms with Crippen molar-refractivity contribution < 1.29 is 0 Å². The monoisotopic (exact) mass is 198 g/mol. The molecule has 0 atom stereocenters. The zero-order valence-electron chi connectivity index (χ0n) is 9.15. The molecule has 1 aromatic rings. The molecule has 1 aliphatic carbocycles. The summed E-state index contributed by atoms with van der Waals surface area (Å²) in [4.78, 5) is 0. The standard InChI is InChI=1S/C15H18/c1-2-6-13-9-11-15(12-10-13)14-7-4-3-5-8-14/h2-8,15H,1,9-12H2. The van der Waals surface area contributed by atoms with Gasteiger partial charge in [-0.05, 0) is 37.2 Å². The predicted octanol–water partition coefficient (Wildman–Crippen LogP) is 4.46. The fourth-order valence-electron chi connectivity index (χ4n) is 2.38. The van der Waals surface area contributed by atoms with Crippen LogP contribution in [0.1, 0.15) is 37.2 Å². The van der Waals surface area contributed by atoms with Crippen molar-refractivity contribution in [3.8, 4) is 0 Å². The molecule has 1 fully saturated rings. The molecule has 0 unspecified atom stereocenters. The van der Waals surface area contributed by atoms with Crippen LogP contribution in [0.3, 0.4) is 0 Å². The van der Waals surface area contributed by atoms with Crippen molar-refractivity contribution in [1.29, 1.82) is 0 Å². The molecule has 0 spiro atoms. The molecule has 0 heterocycles. The fraction of sp³-hybridized carbons (Fsp3) is 0.333. The third-order valence-corrected chi connectivity index (χ3v) is 3.25. The first-order chi connectivity index (χ1) is 7.40. The maximum absolute atomic E-state index is 3.76. The van der Waals surface area contributed by atoms with Gasteiger partial charge in [-0.1, -0.05) is 54.6 Å². The van der Waals surface area contributed by atoms with E-state index in [9.17, 15) is 0 Å². The minimum atomic E-state index is 0.771. The summed E-state index contributed by atoms with van der Waals surface area (Å²) < 4.78 is 0. The van der Waals surface area contributed by atoms with E-state index in [4.69, 9.17) is 0 Å². The third kappa shape index (κ3) is 2.59. The lowest BCUT2D eigenvalue weighted by Crippen LogP contribution is -2.06. The Labute approximate surface area is 92.3 Å². The Hall–Kier alpha value is -1.30. The molecule has 0 aromatic heterocycles. The van der Waals surface area contributed by atoms with Gasteiger partial charge in [-0.2, -0.15) is 0 Å². The lowest BCUT2D eigenvalue weighted by atomic mass is 9.81. The summed E-state index contributed by atoms with van der Waals surface area (Å²) in [6.07, 6.45) is 9.17. The second-order valence-corrected chi connectivity index (χ2v) is 4.25. The van der Waals surface area contributed by atoms with Gasteiger partial charge in [0.05, 0.1) is 0 Å². The van der Waals surface area contributed by atoms with Gasteiger partial charge < -0.3 is 0 Å². The van der Waals surface area contributed by atoms with Gasteiger partial charge >= 0.3 is 0 Å². The van der Waals surface area contributed by atoms with Crippen molar-refractivity contribution in [1.82, 2.24) is 0 Å². The molecular weight excluding hydrogens is 180 g/mol. The van der Waals surface area contributed by atoms with Crippen LogP contribution in [0.5, 0.6) is 0 Å². The van der Waals surface area contributed by atoms with E-state index in [1.165, 1.54) is 31.2 Å². The first-order valence-corrected chi connectivity index (χ1v) is 5.75. The SMILES string of the molecule is C=CC=C1CCC(c2ccccc2)CC1. The Bertz CT molecular complexity index is 336. The first-order valence-electron chi connectivity index (χ1n) is 5.75. The number of benzene rings is 1. The summed E-state index contributed by atoms with van der Waals surface area (Å²) in [5.74, 6) is 0.771. The van der Waals surface area contributed by atoms with Gasteiger partial charge in [0.2, 0.25) is 0 Å². The van der Waals surface area contributed by atoms with E-state index >= 15 is 0 Å². The summed E-state index contributed by atoms with van der Waals surface area (Å²) in [7, 11) is 0. The number of hydrogen-bond donors (Lipinski definition) is 0. The van der Waals surface area contributed by atoms with Crippen LogP contribution in [0.2, 0.25) is 0 Å². The van der Waals surface area contributed by atoms with E-state index in [-0.39, 0.29) is 0 Å². The summed E-state index contributed by atoms with van der Waals surface area (Å²) in [5, 5.41) is 0. The zero-order valence-corrected chi connectivity index (χ0v) is 9.15. The van der Waals surface area contributed by atoms with Crippen LogP contribution in [0.25, 0.3) is 0 Å². The predicted molar refractivity (Wildman–Crippen MR) is 65.9 cm³/mol. The topological polar surface area (TPSA) is 0 Å². The Balaban J connectivity index is 2.00. The summed E-state index contributed by atoms with van der Waals surface area (Å²) in [6, 6.07) is 10.9. The van der Waals surface area contributed by atoms with Crippen molar-refractivity contribution >= 4 is 0 Å². The molecule has 0 saturated heterocycles. The maximum atomic E-state index is 3.76. The van der Waals surface area contributed by atoms with E-state index in [2.05, 4.69) is 43.0 Å². The Kier molecular flexibility index (Phi) is 3.39. The highest BCUT2D eigenvalue weighted by Gasteiger charge is 2.17. The Morgan fingerprint density at radius 2 is 1.73 bits per heavy atom. The molecule has 0 radical (unpaired) electrons. The number of rotatable bonds is 2. The van der Waals surface area contributed by atoms with Gasteiger partial charge in [-0.15, -0.1) is 0 Å². The van der Waals surface area contributed by atoms with E-state index in [0.717, 1.165) is 5.92 Å². The lowest BCUT2D eigenvalue weighted by Gasteiger charge is -2.24. The van der Waals surface area contributed by atoms with Gasteiger partial charge in [0, 0.05) is 0 Å². The minimum absolute atomic E-state index is 0.771. The van der Waals surface area contributed by atoms with Crippen LogP contribution in [0, 0.1) is 0 Å². The molecule has 0 N–H and O–H groups in total. The van der Waals surface area contributed by atoms with E-state index < -0.39 is 0 Å². The van der Waals surface area contributed by atoms with Crippen LogP contribution >= 0.6 is 0 Å². The van der Waals surface area contributed by atoms with Crippen LogP contribution in [0.4, 0.5) is 0 Å². The lowest BCUT2D eigenvalue weighted by molar-refractivity contribution is 0.517. The van der Waals surface area contributed by atoms with Gasteiger partial charge in [-0.3, -0.25) is 0 Å². The summed E-state index contributed by atoms with van der Waals surface area (Å²) in [5.41, 5.74) is 3.08. The molecule has 0 amide bonds.